The first-order valence-corrected chi connectivity index (χ1v) is 9.22. The molecule has 3 heterocycles. The van der Waals surface area contributed by atoms with Gasteiger partial charge < -0.3 is 19.4 Å². The fourth-order valence-electron chi connectivity index (χ4n) is 3.58. The quantitative estimate of drug-likeness (QED) is 0.769. The van der Waals surface area contributed by atoms with Crippen LogP contribution >= 0.6 is 0 Å². The summed E-state index contributed by atoms with van der Waals surface area (Å²) in [5.41, 5.74) is 3.52. The molecule has 1 aliphatic heterocycles. The van der Waals surface area contributed by atoms with Gasteiger partial charge >= 0.3 is 0 Å². The zero-order chi connectivity index (χ0) is 18.8. The number of aromatic amines is 1. The number of aromatic nitrogens is 3. The summed E-state index contributed by atoms with van der Waals surface area (Å²) in [5, 5.41) is 0. The van der Waals surface area contributed by atoms with Crippen molar-refractivity contribution < 1.29 is 9.59 Å². The van der Waals surface area contributed by atoms with E-state index in [1.165, 1.54) is 0 Å². The van der Waals surface area contributed by atoms with Crippen LogP contribution < -0.4 is 0 Å². The van der Waals surface area contributed by atoms with Gasteiger partial charge in [0.05, 0.1) is 23.8 Å². The van der Waals surface area contributed by atoms with Gasteiger partial charge in [-0.2, -0.15) is 0 Å². The number of nitrogens with one attached hydrogen (secondary N) is 1. The van der Waals surface area contributed by atoms with Crippen molar-refractivity contribution in [1.29, 1.82) is 0 Å². The zero-order valence-corrected chi connectivity index (χ0v) is 15.4. The predicted octanol–water partition coefficient (Wildman–Crippen LogP) is 1.82. The number of hydrogen-bond donors (Lipinski definition) is 1. The molecule has 0 bridgehead atoms. The zero-order valence-electron chi connectivity index (χ0n) is 15.4. The van der Waals surface area contributed by atoms with E-state index in [2.05, 4.69) is 9.97 Å². The van der Waals surface area contributed by atoms with Crippen molar-refractivity contribution in [2.75, 3.05) is 26.2 Å². The highest BCUT2D eigenvalue weighted by molar-refractivity contribution is 5.92. The molecule has 0 radical (unpaired) electrons. The lowest BCUT2D eigenvalue weighted by molar-refractivity contribution is -0.130. The van der Waals surface area contributed by atoms with Crippen LogP contribution in [0.15, 0.2) is 42.9 Å². The Kier molecular flexibility index (Phi) is 4.66. The molecule has 4 rings (SSSR count). The molecule has 1 fully saturated rings. The van der Waals surface area contributed by atoms with E-state index in [1.54, 1.807) is 18.6 Å². The minimum absolute atomic E-state index is 0.00472. The molecule has 2 amide bonds. The number of imidazole rings is 1. The SMILES string of the molecule is Cn1cnc2cc(CC(=O)N3CCCN(C(=O)c4ccc[nH]4)CC3)ccc21. The van der Waals surface area contributed by atoms with Crippen molar-refractivity contribution >= 4 is 22.8 Å². The largest absolute Gasteiger partial charge is 0.357 e. The Hall–Kier alpha value is -3.09. The second-order valence-electron chi connectivity index (χ2n) is 6.97. The monoisotopic (exact) mass is 365 g/mol. The van der Waals surface area contributed by atoms with Gasteiger partial charge in [-0.25, -0.2) is 4.98 Å². The number of nitrogens with zero attached hydrogens (tertiary/aromatic N) is 4. The fraction of sp³-hybridized carbons (Fsp3) is 0.350. The van der Waals surface area contributed by atoms with Crippen LogP contribution in [-0.4, -0.2) is 62.3 Å². The normalized spacial score (nSPS) is 15.1. The molecule has 27 heavy (non-hydrogen) atoms. The third-order valence-electron chi connectivity index (χ3n) is 5.11. The fourth-order valence-corrected chi connectivity index (χ4v) is 3.58. The molecular weight excluding hydrogens is 342 g/mol. The summed E-state index contributed by atoms with van der Waals surface area (Å²) in [6.07, 6.45) is 4.68. The average Bonchev–Trinajstić information content (AvgIpc) is 3.25. The first-order chi connectivity index (χ1) is 13.1. The van der Waals surface area contributed by atoms with Gasteiger partial charge in [-0.15, -0.1) is 0 Å². The minimum atomic E-state index is -0.00472. The van der Waals surface area contributed by atoms with E-state index in [-0.39, 0.29) is 11.8 Å². The van der Waals surface area contributed by atoms with Gasteiger partial charge in [-0.05, 0) is 36.2 Å². The van der Waals surface area contributed by atoms with Crippen molar-refractivity contribution in [3.8, 4) is 0 Å². The number of carbonyl (C=O) groups is 2. The Morgan fingerprint density at radius 1 is 1.11 bits per heavy atom. The van der Waals surface area contributed by atoms with E-state index >= 15 is 0 Å². The molecule has 1 aromatic carbocycles. The van der Waals surface area contributed by atoms with Crippen LogP contribution in [0.5, 0.6) is 0 Å². The predicted molar refractivity (Wildman–Crippen MR) is 102 cm³/mol. The highest BCUT2D eigenvalue weighted by Crippen LogP contribution is 2.16. The number of H-pyrrole nitrogens is 1. The molecule has 0 saturated carbocycles. The second kappa shape index (κ2) is 7.26. The van der Waals surface area contributed by atoms with E-state index in [0.29, 0.717) is 38.3 Å². The molecular formula is C20H23N5O2. The van der Waals surface area contributed by atoms with Crippen molar-refractivity contribution in [1.82, 2.24) is 24.3 Å². The number of amides is 2. The molecule has 0 spiro atoms. The second-order valence-corrected chi connectivity index (χ2v) is 6.97. The smallest absolute Gasteiger partial charge is 0.270 e. The van der Waals surface area contributed by atoms with Crippen LogP contribution in [0.1, 0.15) is 22.5 Å². The van der Waals surface area contributed by atoms with Crippen LogP contribution in [-0.2, 0) is 18.3 Å². The summed E-state index contributed by atoms with van der Waals surface area (Å²) >= 11 is 0. The van der Waals surface area contributed by atoms with E-state index in [0.717, 1.165) is 23.0 Å². The summed E-state index contributed by atoms with van der Waals surface area (Å²) in [4.78, 5) is 36.2. The molecule has 1 aliphatic rings. The first kappa shape index (κ1) is 17.3. The average molecular weight is 365 g/mol. The van der Waals surface area contributed by atoms with Crippen LogP contribution in [0, 0.1) is 0 Å². The minimum Gasteiger partial charge on any atom is -0.357 e. The van der Waals surface area contributed by atoms with E-state index in [4.69, 9.17) is 0 Å². The summed E-state index contributed by atoms with van der Waals surface area (Å²) in [5.74, 6) is 0.0920. The van der Waals surface area contributed by atoms with Gasteiger partial charge in [0.25, 0.3) is 5.91 Å². The number of benzene rings is 1. The summed E-state index contributed by atoms with van der Waals surface area (Å²) in [6.45, 7) is 2.47. The van der Waals surface area contributed by atoms with Crippen LogP contribution in [0.3, 0.4) is 0 Å². The molecule has 1 N–H and O–H groups in total. The van der Waals surface area contributed by atoms with Gasteiger partial charge in [-0.1, -0.05) is 6.07 Å². The van der Waals surface area contributed by atoms with Gasteiger partial charge in [0.15, 0.2) is 0 Å². The summed E-state index contributed by atoms with van der Waals surface area (Å²) in [7, 11) is 1.96. The maximum absolute atomic E-state index is 12.8. The Morgan fingerprint density at radius 2 is 1.93 bits per heavy atom. The lowest BCUT2D eigenvalue weighted by Gasteiger charge is -2.22. The van der Waals surface area contributed by atoms with Crippen molar-refractivity contribution in [2.24, 2.45) is 7.05 Å². The van der Waals surface area contributed by atoms with Crippen molar-refractivity contribution in [2.45, 2.75) is 12.8 Å². The maximum atomic E-state index is 12.8. The number of carbonyl (C=O) groups excluding carboxylic acids is 2. The van der Waals surface area contributed by atoms with Gasteiger partial charge in [-0.3, -0.25) is 9.59 Å². The van der Waals surface area contributed by atoms with E-state index in [1.807, 2.05) is 45.7 Å². The standard InChI is InChI=1S/C20H23N5O2/c1-23-14-22-17-12-15(5-6-18(17)23)13-19(26)24-8-3-9-25(11-10-24)20(27)16-4-2-7-21-16/h2,4-7,12,14,21H,3,8-11,13H2,1H3. The van der Waals surface area contributed by atoms with Crippen molar-refractivity contribution in [3.63, 3.8) is 0 Å². The number of fused-ring (bicyclic) bond motifs is 1. The van der Waals surface area contributed by atoms with Gasteiger partial charge in [0.2, 0.25) is 5.91 Å². The molecule has 0 aliphatic carbocycles. The topological polar surface area (TPSA) is 74.2 Å². The highest BCUT2D eigenvalue weighted by atomic mass is 16.2. The lowest BCUT2D eigenvalue weighted by atomic mass is 10.1. The molecule has 140 valence electrons. The molecule has 1 saturated heterocycles. The molecule has 2 aromatic heterocycles. The number of aryl methyl sites for hydroxylation is 1. The van der Waals surface area contributed by atoms with Crippen LogP contribution in [0.25, 0.3) is 11.0 Å². The van der Waals surface area contributed by atoms with Gasteiger partial charge in [0, 0.05) is 39.4 Å². The maximum Gasteiger partial charge on any atom is 0.270 e. The van der Waals surface area contributed by atoms with Crippen LogP contribution in [0.4, 0.5) is 0 Å². The van der Waals surface area contributed by atoms with E-state index in [9.17, 15) is 9.59 Å². The first-order valence-electron chi connectivity index (χ1n) is 9.22. The third-order valence-corrected chi connectivity index (χ3v) is 5.11. The highest BCUT2D eigenvalue weighted by Gasteiger charge is 2.23. The van der Waals surface area contributed by atoms with Gasteiger partial charge in [0.1, 0.15) is 5.69 Å². The molecule has 0 unspecified atom stereocenters. The Balaban J connectivity index is 1.39. The Morgan fingerprint density at radius 3 is 2.74 bits per heavy atom. The summed E-state index contributed by atoms with van der Waals surface area (Å²) < 4.78 is 1.96. The summed E-state index contributed by atoms with van der Waals surface area (Å²) in [6, 6.07) is 9.57. The van der Waals surface area contributed by atoms with Crippen molar-refractivity contribution in [3.05, 3.63) is 54.1 Å². The molecule has 7 heteroatoms. The lowest BCUT2D eigenvalue weighted by Crippen LogP contribution is -2.38. The Labute approximate surface area is 157 Å². The molecule has 7 nitrogen and oxygen atoms in total. The van der Waals surface area contributed by atoms with E-state index < -0.39 is 0 Å². The van der Waals surface area contributed by atoms with Crippen LogP contribution in [0.2, 0.25) is 0 Å². The third kappa shape index (κ3) is 3.58. The molecule has 3 aromatic rings. The molecule has 0 atom stereocenters. The number of hydrogen-bond acceptors (Lipinski definition) is 3. The number of rotatable bonds is 3. The Bertz CT molecular complexity index is 960.